The summed E-state index contributed by atoms with van der Waals surface area (Å²) in [5.74, 6) is -1.04. The lowest BCUT2D eigenvalue weighted by Gasteiger charge is -2.30. The minimum Gasteiger partial charge on any atom is -0.480 e. The molecule has 0 aromatic heterocycles. The summed E-state index contributed by atoms with van der Waals surface area (Å²) in [6.45, 7) is 3.27. The van der Waals surface area contributed by atoms with E-state index < -0.39 is 12.0 Å². The number of carboxylic acid groups (broad SMARTS) is 1. The van der Waals surface area contributed by atoms with E-state index in [9.17, 15) is 14.7 Å². The van der Waals surface area contributed by atoms with E-state index in [4.69, 9.17) is 10.00 Å². The quantitative estimate of drug-likeness (QED) is 0.776. The molecule has 2 atom stereocenters. The number of carbonyl (C=O) groups excluding carboxylic acids is 1. The van der Waals surface area contributed by atoms with Crippen LogP contribution in [0.4, 0.5) is 4.79 Å². The van der Waals surface area contributed by atoms with Crippen molar-refractivity contribution in [2.75, 3.05) is 33.4 Å². The van der Waals surface area contributed by atoms with Gasteiger partial charge in [0.2, 0.25) is 0 Å². The van der Waals surface area contributed by atoms with Crippen molar-refractivity contribution < 1.29 is 19.4 Å². The van der Waals surface area contributed by atoms with Crippen LogP contribution < -0.4 is 0 Å². The fourth-order valence-corrected chi connectivity index (χ4v) is 2.41. The lowest BCUT2D eigenvalue weighted by molar-refractivity contribution is -0.142. The molecule has 1 aliphatic rings. The molecule has 7 nitrogen and oxygen atoms in total. The van der Waals surface area contributed by atoms with Crippen LogP contribution in [0, 0.1) is 17.2 Å². The monoisotopic (exact) mass is 283 g/mol. The predicted molar refractivity (Wildman–Crippen MR) is 71.0 cm³/mol. The van der Waals surface area contributed by atoms with Gasteiger partial charge in [-0.25, -0.2) is 9.59 Å². The van der Waals surface area contributed by atoms with E-state index in [0.717, 1.165) is 0 Å². The molecule has 0 aromatic rings. The Labute approximate surface area is 118 Å². The molecule has 1 aliphatic heterocycles. The number of rotatable bonds is 6. The Morgan fingerprint density at radius 2 is 2.20 bits per heavy atom. The lowest BCUT2D eigenvalue weighted by Crippen LogP contribution is -2.50. The Morgan fingerprint density at radius 3 is 2.75 bits per heavy atom. The first-order valence-corrected chi connectivity index (χ1v) is 6.67. The van der Waals surface area contributed by atoms with Gasteiger partial charge in [-0.1, -0.05) is 6.92 Å². The third-order valence-corrected chi connectivity index (χ3v) is 3.53. The second-order valence-electron chi connectivity index (χ2n) is 4.91. The molecule has 1 rings (SSSR count). The lowest BCUT2D eigenvalue weighted by atomic mass is 10.0. The fraction of sp³-hybridized carbons (Fsp3) is 0.769. The van der Waals surface area contributed by atoms with Crippen molar-refractivity contribution in [2.45, 2.75) is 25.8 Å². The van der Waals surface area contributed by atoms with E-state index >= 15 is 0 Å². The number of amides is 2. The van der Waals surface area contributed by atoms with Crippen LogP contribution in [0.2, 0.25) is 0 Å². The molecular formula is C13H21N3O4. The third-order valence-electron chi connectivity index (χ3n) is 3.53. The van der Waals surface area contributed by atoms with Crippen LogP contribution >= 0.6 is 0 Å². The smallest absolute Gasteiger partial charge is 0.326 e. The molecule has 112 valence electrons. The van der Waals surface area contributed by atoms with Gasteiger partial charge in [0.05, 0.1) is 19.1 Å². The van der Waals surface area contributed by atoms with E-state index in [1.807, 2.05) is 13.0 Å². The number of methoxy groups -OCH3 is 1. The van der Waals surface area contributed by atoms with Gasteiger partial charge in [-0.05, 0) is 12.3 Å². The predicted octanol–water partition coefficient (Wildman–Crippen LogP) is 0.763. The van der Waals surface area contributed by atoms with Crippen molar-refractivity contribution >= 4 is 12.0 Å². The number of nitrogens with zero attached hydrogens (tertiary/aromatic N) is 3. The van der Waals surface area contributed by atoms with Gasteiger partial charge in [0.25, 0.3) is 0 Å². The van der Waals surface area contributed by atoms with Crippen molar-refractivity contribution in [3.8, 4) is 6.07 Å². The number of carboxylic acids is 1. The van der Waals surface area contributed by atoms with Crippen molar-refractivity contribution in [1.29, 1.82) is 5.26 Å². The van der Waals surface area contributed by atoms with Crippen LogP contribution in [0.1, 0.15) is 19.8 Å². The summed E-state index contributed by atoms with van der Waals surface area (Å²) in [6, 6.07) is 0.886. The number of hydrogen-bond acceptors (Lipinski definition) is 4. The zero-order valence-corrected chi connectivity index (χ0v) is 11.9. The van der Waals surface area contributed by atoms with Crippen LogP contribution in [0.3, 0.4) is 0 Å². The molecule has 0 radical (unpaired) electrons. The number of hydrogen-bond donors (Lipinski definition) is 1. The highest BCUT2D eigenvalue weighted by Gasteiger charge is 2.40. The molecule has 20 heavy (non-hydrogen) atoms. The number of carbonyl (C=O) groups is 2. The molecule has 0 aromatic carbocycles. The van der Waals surface area contributed by atoms with Crippen LogP contribution in [-0.2, 0) is 9.53 Å². The van der Waals surface area contributed by atoms with Gasteiger partial charge >= 0.3 is 12.0 Å². The number of ether oxygens (including phenoxy) is 1. The fourth-order valence-electron chi connectivity index (χ4n) is 2.41. The first-order chi connectivity index (χ1) is 9.52. The van der Waals surface area contributed by atoms with E-state index in [0.29, 0.717) is 26.1 Å². The molecule has 0 aliphatic carbocycles. The van der Waals surface area contributed by atoms with Gasteiger partial charge in [-0.2, -0.15) is 5.26 Å². The molecule has 7 heteroatoms. The van der Waals surface area contributed by atoms with Gasteiger partial charge in [0, 0.05) is 26.7 Å². The number of urea groups is 1. The molecule has 0 saturated carbocycles. The molecule has 1 saturated heterocycles. The highest BCUT2D eigenvalue weighted by Crippen LogP contribution is 2.25. The van der Waals surface area contributed by atoms with E-state index in [2.05, 4.69) is 0 Å². The summed E-state index contributed by atoms with van der Waals surface area (Å²) in [5, 5.41) is 17.9. The van der Waals surface area contributed by atoms with Crippen molar-refractivity contribution in [3.63, 3.8) is 0 Å². The summed E-state index contributed by atoms with van der Waals surface area (Å²) in [5.41, 5.74) is 0. The Bertz CT molecular complexity index is 394. The minimum atomic E-state index is -0.977. The minimum absolute atomic E-state index is 0.0586. The average molecular weight is 283 g/mol. The van der Waals surface area contributed by atoms with Crippen LogP contribution in [0.15, 0.2) is 0 Å². The van der Waals surface area contributed by atoms with Gasteiger partial charge in [0.15, 0.2) is 0 Å². The van der Waals surface area contributed by atoms with Crippen molar-refractivity contribution in [1.82, 2.24) is 9.80 Å². The molecular weight excluding hydrogens is 262 g/mol. The molecule has 2 amide bonds. The first-order valence-electron chi connectivity index (χ1n) is 6.67. The summed E-state index contributed by atoms with van der Waals surface area (Å²) in [7, 11) is 1.53. The van der Waals surface area contributed by atoms with E-state index in [-0.39, 0.29) is 24.9 Å². The zero-order valence-electron chi connectivity index (χ0n) is 11.9. The largest absolute Gasteiger partial charge is 0.480 e. The van der Waals surface area contributed by atoms with Crippen LogP contribution in [-0.4, -0.2) is 66.3 Å². The Morgan fingerprint density at radius 1 is 1.50 bits per heavy atom. The second-order valence-corrected chi connectivity index (χ2v) is 4.91. The second kappa shape index (κ2) is 7.70. The summed E-state index contributed by atoms with van der Waals surface area (Å²) in [4.78, 5) is 26.6. The molecule has 1 N–H and O–H groups in total. The van der Waals surface area contributed by atoms with E-state index in [1.165, 1.54) is 16.9 Å². The first kappa shape index (κ1) is 16.2. The highest BCUT2D eigenvalue weighted by molar-refractivity contribution is 5.83. The SMILES string of the molecule is COCCN(CCC#N)C(=O)N1CCC(C)C1C(=O)O. The number of aliphatic carboxylic acids is 1. The Balaban J connectivity index is 2.77. The maximum Gasteiger partial charge on any atom is 0.326 e. The molecule has 1 fully saturated rings. The summed E-state index contributed by atoms with van der Waals surface area (Å²) < 4.78 is 4.95. The highest BCUT2D eigenvalue weighted by atomic mass is 16.5. The van der Waals surface area contributed by atoms with Crippen molar-refractivity contribution in [3.05, 3.63) is 0 Å². The van der Waals surface area contributed by atoms with Gasteiger partial charge in [-0.3, -0.25) is 0 Å². The maximum atomic E-state index is 12.4. The molecule has 1 heterocycles. The molecule has 0 bridgehead atoms. The average Bonchev–Trinajstić information content (AvgIpc) is 2.80. The molecule has 0 spiro atoms. The van der Waals surface area contributed by atoms with Crippen molar-refractivity contribution in [2.24, 2.45) is 5.92 Å². The standard InChI is InChI=1S/C13H21N3O4/c1-10-4-7-16(11(10)12(17)18)13(19)15(6-3-5-14)8-9-20-2/h10-11H,3-4,6-9H2,1-2H3,(H,17,18). The topological polar surface area (TPSA) is 93.9 Å². The van der Waals surface area contributed by atoms with E-state index in [1.54, 1.807) is 0 Å². The maximum absolute atomic E-state index is 12.4. The number of nitriles is 1. The normalized spacial score (nSPS) is 21.6. The molecule has 2 unspecified atom stereocenters. The van der Waals surface area contributed by atoms with Gasteiger partial charge in [0.1, 0.15) is 6.04 Å². The van der Waals surface area contributed by atoms with Crippen LogP contribution in [0.25, 0.3) is 0 Å². The Kier molecular flexibility index (Phi) is 6.25. The van der Waals surface area contributed by atoms with Gasteiger partial charge in [-0.15, -0.1) is 0 Å². The number of likely N-dealkylation sites (tertiary alicyclic amines) is 1. The van der Waals surface area contributed by atoms with Crippen LogP contribution in [0.5, 0.6) is 0 Å². The Hall–Kier alpha value is -1.81. The van der Waals surface area contributed by atoms with Gasteiger partial charge < -0.3 is 19.6 Å². The summed E-state index contributed by atoms with van der Waals surface area (Å²) >= 11 is 0. The third kappa shape index (κ3) is 3.84. The summed E-state index contributed by atoms with van der Waals surface area (Å²) in [6.07, 6.45) is 0.898. The zero-order chi connectivity index (χ0) is 15.1.